The molecule has 8 nitrogen and oxygen atoms in total. The predicted molar refractivity (Wildman–Crippen MR) is 147 cm³/mol. The molecule has 0 spiro atoms. The molecule has 2 aromatic heterocycles. The topological polar surface area (TPSA) is 71.7 Å². The summed E-state index contributed by atoms with van der Waals surface area (Å²) in [7, 11) is 0. The van der Waals surface area contributed by atoms with E-state index in [2.05, 4.69) is 15.1 Å². The van der Waals surface area contributed by atoms with Gasteiger partial charge in [0.15, 0.2) is 0 Å². The van der Waals surface area contributed by atoms with Crippen molar-refractivity contribution in [2.24, 2.45) is 0 Å². The summed E-state index contributed by atoms with van der Waals surface area (Å²) in [4.78, 5) is 33.5. The second kappa shape index (κ2) is 12.7. The van der Waals surface area contributed by atoms with Crippen LogP contribution in [0, 0.1) is 0 Å². The van der Waals surface area contributed by atoms with E-state index in [0.29, 0.717) is 50.8 Å². The van der Waals surface area contributed by atoms with E-state index in [4.69, 9.17) is 4.74 Å². The van der Waals surface area contributed by atoms with Gasteiger partial charge in [-0.25, -0.2) is 4.79 Å². The van der Waals surface area contributed by atoms with Crippen molar-refractivity contribution >= 4 is 17.2 Å². The lowest BCUT2D eigenvalue weighted by Gasteiger charge is -2.27. The van der Waals surface area contributed by atoms with Gasteiger partial charge in [0, 0.05) is 49.7 Å². The minimum Gasteiger partial charge on any atom is -0.379 e. The lowest BCUT2D eigenvalue weighted by molar-refractivity contribution is 0.0361. The average molecular weight is 524 g/mol. The lowest BCUT2D eigenvalue weighted by Crippen LogP contribution is -2.41. The van der Waals surface area contributed by atoms with Gasteiger partial charge in [-0.1, -0.05) is 42.8 Å². The van der Waals surface area contributed by atoms with E-state index in [0.717, 1.165) is 43.2 Å². The first kappa shape index (κ1) is 25.9. The number of aromatic nitrogens is 2. The number of piperidine rings is 1. The maximum Gasteiger partial charge on any atom is 0.329 e. The Bertz CT molecular complexity index is 1190. The zero-order valence-corrected chi connectivity index (χ0v) is 22.3. The molecule has 2 saturated heterocycles. The smallest absolute Gasteiger partial charge is 0.329 e. The van der Waals surface area contributed by atoms with Crippen LogP contribution in [0.15, 0.2) is 52.6 Å². The van der Waals surface area contributed by atoms with Gasteiger partial charge in [0.2, 0.25) is 0 Å². The van der Waals surface area contributed by atoms with Crippen molar-refractivity contribution < 1.29 is 9.53 Å². The van der Waals surface area contributed by atoms with Crippen LogP contribution < -0.4 is 11.0 Å². The van der Waals surface area contributed by atoms with Gasteiger partial charge in [0.25, 0.3) is 5.91 Å². The normalized spacial score (nSPS) is 17.2. The zero-order chi connectivity index (χ0) is 25.5. The molecule has 0 radical (unpaired) electrons. The van der Waals surface area contributed by atoms with E-state index in [1.807, 2.05) is 47.8 Å². The molecule has 2 aliphatic heterocycles. The van der Waals surface area contributed by atoms with Gasteiger partial charge < -0.3 is 15.0 Å². The molecule has 1 amide bonds. The summed E-state index contributed by atoms with van der Waals surface area (Å²) in [5.41, 5.74) is 1.89. The first-order chi connectivity index (χ1) is 18.2. The third-order valence-corrected chi connectivity index (χ3v) is 8.15. The van der Waals surface area contributed by atoms with Gasteiger partial charge >= 0.3 is 5.69 Å². The Balaban J connectivity index is 1.47. The number of carbonyl (C=O) groups excluding carboxylic acids is 1. The van der Waals surface area contributed by atoms with E-state index < -0.39 is 0 Å². The molecule has 2 aliphatic rings. The van der Waals surface area contributed by atoms with Crippen molar-refractivity contribution in [3.63, 3.8) is 0 Å². The minimum absolute atomic E-state index is 0.137. The molecule has 0 aliphatic carbocycles. The monoisotopic (exact) mass is 523 g/mol. The van der Waals surface area contributed by atoms with E-state index in [1.54, 1.807) is 20.5 Å². The Morgan fingerprint density at radius 3 is 2.35 bits per heavy atom. The van der Waals surface area contributed by atoms with Crippen LogP contribution in [0.3, 0.4) is 0 Å². The SMILES string of the molecule is O=C(NCCN1CCCCC1)c1c(-c2ccccc2)n(Cc2cccs2)c(=O)n1CCN1CCOCC1. The number of carbonyl (C=O) groups is 1. The summed E-state index contributed by atoms with van der Waals surface area (Å²) in [6.45, 7) is 8.28. The number of hydrogen-bond donors (Lipinski definition) is 1. The highest BCUT2D eigenvalue weighted by Crippen LogP contribution is 2.25. The fourth-order valence-electron chi connectivity index (χ4n) is 5.28. The van der Waals surface area contributed by atoms with Crippen molar-refractivity contribution in [1.29, 1.82) is 0 Å². The summed E-state index contributed by atoms with van der Waals surface area (Å²) < 4.78 is 8.96. The van der Waals surface area contributed by atoms with E-state index >= 15 is 0 Å². The summed E-state index contributed by atoms with van der Waals surface area (Å²) in [6, 6.07) is 13.9. The molecule has 0 atom stereocenters. The Kier molecular flexibility index (Phi) is 8.88. The predicted octanol–water partition coefficient (Wildman–Crippen LogP) is 2.97. The third kappa shape index (κ3) is 6.41. The molecule has 5 rings (SSSR count). The second-order valence-corrected chi connectivity index (χ2v) is 10.8. The van der Waals surface area contributed by atoms with Gasteiger partial charge in [0.05, 0.1) is 25.5 Å². The second-order valence-electron chi connectivity index (χ2n) is 9.78. The van der Waals surface area contributed by atoms with E-state index in [9.17, 15) is 9.59 Å². The molecule has 0 saturated carbocycles. The molecule has 1 N–H and O–H groups in total. The summed E-state index contributed by atoms with van der Waals surface area (Å²) in [6.07, 6.45) is 3.73. The number of nitrogens with zero attached hydrogens (tertiary/aromatic N) is 4. The van der Waals surface area contributed by atoms with Crippen molar-refractivity contribution in [2.45, 2.75) is 32.4 Å². The molecule has 3 aromatic rings. The first-order valence-electron chi connectivity index (χ1n) is 13.4. The Morgan fingerprint density at radius 1 is 0.865 bits per heavy atom. The minimum atomic E-state index is -0.181. The summed E-state index contributed by atoms with van der Waals surface area (Å²) in [5.74, 6) is -0.181. The lowest BCUT2D eigenvalue weighted by atomic mass is 10.1. The van der Waals surface area contributed by atoms with Crippen LogP contribution in [0.2, 0.25) is 0 Å². The molecule has 1 aromatic carbocycles. The Morgan fingerprint density at radius 2 is 1.62 bits per heavy atom. The molecule has 2 fully saturated rings. The van der Waals surface area contributed by atoms with Crippen LogP contribution in [0.5, 0.6) is 0 Å². The van der Waals surface area contributed by atoms with Gasteiger partial charge in [0.1, 0.15) is 5.69 Å². The number of imidazole rings is 1. The molecule has 37 heavy (non-hydrogen) atoms. The van der Waals surface area contributed by atoms with Crippen LogP contribution in [0.1, 0.15) is 34.6 Å². The van der Waals surface area contributed by atoms with Gasteiger partial charge in [-0.3, -0.25) is 18.8 Å². The number of amides is 1. The van der Waals surface area contributed by atoms with Crippen LogP contribution in [-0.2, 0) is 17.8 Å². The average Bonchev–Trinajstić information content (AvgIpc) is 3.55. The molecule has 4 heterocycles. The quantitative estimate of drug-likeness (QED) is 0.443. The number of benzene rings is 1. The van der Waals surface area contributed by atoms with Gasteiger partial charge in [-0.05, 0) is 37.4 Å². The van der Waals surface area contributed by atoms with Gasteiger partial charge in [-0.15, -0.1) is 11.3 Å². The Hall–Kier alpha value is -2.72. The summed E-state index contributed by atoms with van der Waals surface area (Å²) >= 11 is 1.62. The van der Waals surface area contributed by atoms with Gasteiger partial charge in [-0.2, -0.15) is 0 Å². The van der Waals surface area contributed by atoms with Crippen LogP contribution in [-0.4, -0.2) is 83.9 Å². The van der Waals surface area contributed by atoms with Crippen LogP contribution in [0.4, 0.5) is 0 Å². The van der Waals surface area contributed by atoms with Crippen LogP contribution in [0.25, 0.3) is 11.3 Å². The molecular weight excluding hydrogens is 486 g/mol. The zero-order valence-electron chi connectivity index (χ0n) is 21.4. The fourth-order valence-corrected chi connectivity index (χ4v) is 5.98. The number of morpholine rings is 1. The molecule has 198 valence electrons. The number of hydrogen-bond acceptors (Lipinski definition) is 6. The highest BCUT2D eigenvalue weighted by atomic mass is 32.1. The number of rotatable bonds is 10. The van der Waals surface area contributed by atoms with Crippen molar-refractivity contribution in [1.82, 2.24) is 24.3 Å². The van der Waals surface area contributed by atoms with Crippen molar-refractivity contribution in [3.05, 3.63) is 68.9 Å². The maximum absolute atomic E-state index is 13.9. The molecule has 9 heteroatoms. The fraction of sp³-hybridized carbons (Fsp3) is 0.500. The van der Waals surface area contributed by atoms with E-state index in [1.165, 1.54) is 19.3 Å². The number of likely N-dealkylation sites (tertiary alicyclic amines) is 1. The first-order valence-corrected chi connectivity index (χ1v) is 14.3. The van der Waals surface area contributed by atoms with Crippen LogP contribution >= 0.6 is 11.3 Å². The van der Waals surface area contributed by atoms with E-state index in [-0.39, 0.29) is 11.6 Å². The highest BCUT2D eigenvalue weighted by molar-refractivity contribution is 7.09. The standard InChI is InChI=1S/C28H37N5O3S/c34-27(29-11-14-30-12-5-2-6-13-30)26-25(23-8-3-1-4-9-23)33(22-24-10-7-21-37-24)28(35)32(26)16-15-31-17-19-36-20-18-31/h1,3-4,7-10,21H,2,5-6,11-20,22H2,(H,29,34). The maximum atomic E-state index is 13.9. The number of thiophene rings is 1. The highest BCUT2D eigenvalue weighted by Gasteiger charge is 2.27. The molecule has 0 bridgehead atoms. The molecule has 0 unspecified atom stereocenters. The van der Waals surface area contributed by atoms with Crippen molar-refractivity contribution in [3.8, 4) is 11.3 Å². The summed E-state index contributed by atoms with van der Waals surface area (Å²) in [5, 5.41) is 5.17. The third-order valence-electron chi connectivity index (χ3n) is 7.29. The molecular formula is C28H37N5O3S. The number of nitrogens with one attached hydrogen (secondary N) is 1. The number of ether oxygens (including phenoxy) is 1. The van der Waals surface area contributed by atoms with Crippen molar-refractivity contribution in [2.75, 3.05) is 59.0 Å². The largest absolute Gasteiger partial charge is 0.379 e. The Labute approximate surface area is 222 Å².